The molecule has 1 aliphatic heterocycles. The molecule has 4 saturated carbocycles. The van der Waals surface area contributed by atoms with Crippen LogP contribution in [0.15, 0.2) is 54.1 Å². The van der Waals surface area contributed by atoms with Crippen LogP contribution in [0.5, 0.6) is 11.5 Å². The maximum absolute atomic E-state index is 6.22. The van der Waals surface area contributed by atoms with Crippen LogP contribution in [0.3, 0.4) is 0 Å². The third-order valence-corrected chi connectivity index (χ3v) is 6.84. The highest BCUT2D eigenvalue weighted by molar-refractivity contribution is 5.90. The third-order valence-electron chi connectivity index (χ3n) is 6.84. The summed E-state index contributed by atoms with van der Waals surface area (Å²) in [7, 11) is 0. The van der Waals surface area contributed by atoms with Gasteiger partial charge in [-0.15, -0.1) is 0 Å². The second kappa shape index (κ2) is 4.75. The molecule has 120 valence electrons. The minimum absolute atomic E-state index is 0.815. The molecule has 7 rings (SSSR count). The van der Waals surface area contributed by atoms with Crippen molar-refractivity contribution >= 4 is 5.57 Å². The largest absolute Gasteiger partial charge is 0.456 e. The normalized spacial score (nSPS) is 32.3. The van der Waals surface area contributed by atoms with Crippen molar-refractivity contribution < 1.29 is 4.74 Å². The van der Waals surface area contributed by atoms with Crippen LogP contribution >= 0.6 is 0 Å². The van der Waals surface area contributed by atoms with E-state index in [2.05, 4.69) is 48.5 Å². The van der Waals surface area contributed by atoms with Gasteiger partial charge in [0, 0.05) is 11.1 Å². The summed E-state index contributed by atoms with van der Waals surface area (Å²) in [5, 5.41) is 0. The van der Waals surface area contributed by atoms with Crippen molar-refractivity contribution in [3.63, 3.8) is 0 Å². The van der Waals surface area contributed by atoms with E-state index in [9.17, 15) is 0 Å². The average molecular weight is 314 g/mol. The summed E-state index contributed by atoms with van der Waals surface area (Å²) in [6, 6.07) is 17.3. The van der Waals surface area contributed by atoms with Crippen molar-refractivity contribution in [2.45, 2.75) is 32.1 Å². The molecule has 1 heterocycles. The summed E-state index contributed by atoms with van der Waals surface area (Å²) < 4.78 is 6.22. The zero-order chi connectivity index (χ0) is 15.7. The van der Waals surface area contributed by atoms with Crippen LogP contribution in [-0.4, -0.2) is 0 Å². The average Bonchev–Trinajstić information content (AvgIpc) is 2.60. The topological polar surface area (TPSA) is 9.23 Å². The minimum Gasteiger partial charge on any atom is -0.456 e. The smallest absolute Gasteiger partial charge is 0.135 e. The van der Waals surface area contributed by atoms with E-state index >= 15 is 0 Å². The molecular formula is C23H22O. The number of hydrogen-bond donors (Lipinski definition) is 0. The number of allylic oxidation sites excluding steroid dienone is 1. The quantitative estimate of drug-likeness (QED) is 0.491. The number of ether oxygens (including phenoxy) is 1. The molecule has 0 unspecified atom stereocenters. The lowest BCUT2D eigenvalue weighted by atomic mass is 9.53. The Labute approximate surface area is 143 Å². The molecule has 0 amide bonds. The summed E-state index contributed by atoms with van der Waals surface area (Å²) in [4.78, 5) is 0. The fourth-order valence-electron chi connectivity index (χ4n) is 6.20. The van der Waals surface area contributed by atoms with Gasteiger partial charge in [0.05, 0.1) is 0 Å². The molecule has 0 radical (unpaired) electrons. The van der Waals surface area contributed by atoms with Gasteiger partial charge in [-0.1, -0.05) is 42.0 Å². The predicted molar refractivity (Wildman–Crippen MR) is 96.0 cm³/mol. The number of para-hydroxylation sites is 2. The highest BCUT2D eigenvalue weighted by atomic mass is 16.5. The van der Waals surface area contributed by atoms with Crippen LogP contribution in [-0.2, 0) is 0 Å². The van der Waals surface area contributed by atoms with Gasteiger partial charge in [0.15, 0.2) is 0 Å². The van der Waals surface area contributed by atoms with Gasteiger partial charge in [0.2, 0.25) is 0 Å². The summed E-state index contributed by atoms with van der Waals surface area (Å²) >= 11 is 0. The van der Waals surface area contributed by atoms with Crippen LogP contribution in [0.1, 0.15) is 43.2 Å². The Bertz CT molecular complexity index is 782. The standard InChI is InChI=1S/C23H22O/c1-3-7-20-18(5-1)23(19-6-2-4-8-21(19)24-20)22-16-10-14-9-15(12-16)13-17(22)11-14/h1-8,14-17H,9-13H2. The molecule has 0 aromatic heterocycles. The molecule has 2 aromatic carbocycles. The Kier molecular flexibility index (Phi) is 2.63. The molecule has 1 nitrogen and oxygen atoms in total. The van der Waals surface area contributed by atoms with Gasteiger partial charge in [0.25, 0.3) is 0 Å². The first-order valence-electron chi connectivity index (χ1n) is 9.47. The van der Waals surface area contributed by atoms with Gasteiger partial charge in [-0.2, -0.15) is 0 Å². The maximum atomic E-state index is 6.22. The molecule has 4 bridgehead atoms. The van der Waals surface area contributed by atoms with E-state index in [-0.39, 0.29) is 0 Å². The van der Waals surface area contributed by atoms with Crippen LogP contribution in [0, 0.1) is 23.7 Å². The molecule has 1 heteroatoms. The number of benzene rings is 2. The van der Waals surface area contributed by atoms with E-state index < -0.39 is 0 Å². The van der Waals surface area contributed by atoms with Crippen molar-refractivity contribution in [2.24, 2.45) is 23.7 Å². The second-order valence-electron chi connectivity index (χ2n) is 8.23. The third kappa shape index (κ3) is 1.76. The fourth-order valence-corrected chi connectivity index (χ4v) is 6.20. The van der Waals surface area contributed by atoms with Crippen molar-refractivity contribution in [1.82, 2.24) is 0 Å². The van der Waals surface area contributed by atoms with Gasteiger partial charge in [-0.25, -0.2) is 0 Å². The molecule has 0 atom stereocenters. The molecule has 0 N–H and O–H groups in total. The lowest BCUT2D eigenvalue weighted by molar-refractivity contribution is 0.0705. The van der Waals surface area contributed by atoms with E-state index in [4.69, 9.17) is 4.74 Å². The van der Waals surface area contributed by atoms with Gasteiger partial charge >= 0.3 is 0 Å². The molecule has 4 fully saturated rings. The van der Waals surface area contributed by atoms with Crippen LogP contribution < -0.4 is 4.74 Å². The first kappa shape index (κ1) is 13.3. The molecule has 4 aliphatic carbocycles. The highest BCUT2D eigenvalue weighted by Gasteiger charge is 2.47. The van der Waals surface area contributed by atoms with E-state index in [0.717, 1.165) is 35.2 Å². The molecule has 5 aliphatic rings. The van der Waals surface area contributed by atoms with Crippen molar-refractivity contribution in [3.05, 3.63) is 65.2 Å². The highest BCUT2D eigenvalue weighted by Crippen LogP contribution is 2.60. The van der Waals surface area contributed by atoms with Crippen molar-refractivity contribution in [1.29, 1.82) is 0 Å². The number of rotatable bonds is 0. The van der Waals surface area contributed by atoms with Gasteiger partial charge in [-0.05, 0) is 73.5 Å². The molecular weight excluding hydrogens is 292 g/mol. The Morgan fingerprint density at radius 2 is 1.12 bits per heavy atom. The predicted octanol–water partition coefficient (Wildman–Crippen LogP) is 6.05. The van der Waals surface area contributed by atoms with E-state index in [1.165, 1.54) is 48.8 Å². The Morgan fingerprint density at radius 3 is 1.67 bits per heavy atom. The SMILES string of the molecule is c1ccc2c(c1)Oc1ccccc1C2=C1C2CC3CC(C2)CC1C3. The summed E-state index contributed by atoms with van der Waals surface area (Å²) in [6.07, 6.45) is 7.22. The first-order chi connectivity index (χ1) is 11.9. The summed E-state index contributed by atoms with van der Waals surface area (Å²) in [6.45, 7) is 0. The van der Waals surface area contributed by atoms with Crippen molar-refractivity contribution in [2.75, 3.05) is 0 Å². The molecule has 2 aromatic rings. The zero-order valence-electron chi connectivity index (χ0n) is 13.9. The minimum atomic E-state index is 0.815. The lowest BCUT2D eigenvalue weighted by Crippen LogP contribution is -2.41. The number of fused-ring (bicyclic) bond motifs is 2. The number of hydrogen-bond acceptors (Lipinski definition) is 1. The Morgan fingerprint density at radius 1 is 0.625 bits per heavy atom. The maximum Gasteiger partial charge on any atom is 0.135 e. The van der Waals surface area contributed by atoms with Crippen LogP contribution in [0.4, 0.5) is 0 Å². The Hall–Kier alpha value is -2.02. The monoisotopic (exact) mass is 314 g/mol. The van der Waals surface area contributed by atoms with Gasteiger partial charge in [-0.3, -0.25) is 0 Å². The molecule has 0 spiro atoms. The lowest BCUT2D eigenvalue weighted by Gasteiger charge is -2.52. The fraction of sp³-hybridized carbons (Fsp3) is 0.391. The molecule has 0 saturated heterocycles. The second-order valence-corrected chi connectivity index (χ2v) is 8.23. The Balaban J connectivity index is 1.63. The zero-order valence-corrected chi connectivity index (χ0v) is 13.9. The van der Waals surface area contributed by atoms with Crippen LogP contribution in [0.2, 0.25) is 0 Å². The van der Waals surface area contributed by atoms with E-state index in [1.54, 1.807) is 5.57 Å². The van der Waals surface area contributed by atoms with E-state index in [1.807, 2.05) is 0 Å². The summed E-state index contributed by atoms with van der Waals surface area (Å²) in [5.74, 6) is 5.70. The van der Waals surface area contributed by atoms with E-state index in [0.29, 0.717) is 0 Å². The van der Waals surface area contributed by atoms with Gasteiger partial charge in [0.1, 0.15) is 11.5 Å². The first-order valence-corrected chi connectivity index (χ1v) is 9.47. The molecule has 24 heavy (non-hydrogen) atoms. The van der Waals surface area contributed by atoms with Crippen molar-refractivity contribution in [3.8, 4) is 11.5 Å². The summed E-state index contributed by atoms with van der Waals surface area (Å²) in [5.41, 5.74) is 5.92. The van der Waals surface area contributed by atoms with Gasteiger partial charge < -0.3 is 4.74 Å². The van der Waals surface area contributed by atoms with Crippen LogP contribution in [0.25, 0.3) is 5.57 Å².